The van der Waals surface area contributed by atoms with Crippen molar-refractivity contribution in [3.05, 3.63) is 90.0 Å². The van der Waals surface area contributed by atoms with E-state index in [9.17, 15) is 13.2 Å². The number of hydrogen-bond acceptors (Lipinski definition) is 4. The molecule has 1 amide bonds. The molecule has 0 unspecified atom stereocenters. The van der Waals surface area contributed by atoms with Crippen LogP contribution in [0.5, 0.6) is 0 Å². The Bertz CT molecular complexity index is 1130. The first kappa shape index (κ1) is 23.3. The van der Waals surface area contributed by atoms with E-state index in [0.717, 1.165) is 24.2 Å². The number of nitrogens with one attached hydrogen (secondary N) is 1. The summed E-state index contributed by atoms with van der Waals surface area (Å²) in [7, 11) is -0.130. The summed E-state index contributed by atoms with van der Waals surface area (Å²) in [5.74, 6) is -0.178. The highest BCUT2D eigenvalue weighted by Gasteiger charge is 2.21. The zero-order chi connectivity index (χ0) is 23.1. The van der Waals surface area contributed by atoms with Gasteiger partial charge in [0, 0.05) is 38.4 Å². The lowest BCUT2D eigenvalue weighted by Crippen LogP contribution is -2.28. The second-order valence-corrected chi connectivity index (χ2v) is 9.67. The summed E-state index contributed by atoms with van der Waals surface area (Å²) in [6.45, 7) is 3.29. The topological polar surface area (TPSA) is 69.7 Å². The second-order valence-electron chi connectivity index (χ2n) is 7.70. The molecule has 0 aromatic heterocycles. The molecular formula is C25H29N3O3S. The van der Waals surface area contributed by atoms with Gasteiger partial charge in [-0.3, -0.25) is 9.10 Å². The van der Waals surface area contributed by atoms with Gasteiger partial charge in [-0.05, 0) is 61.9 Å². The zero-order valence-corrected chi connectivity index (χ0v) is 19.5. The van der Waals surface area contributed by atoms with E-state index in [0.29, 0.717) is 17.8 Å². The Hall–Kier alpha value is -3.32. The molecule has 0 bridgehead atoms. The molecule has 0 heterocycles. The van der Waals surface area contributed by atoms with Gasteiger partial charge >= 0.3 is 0 Å². The van der Waals surface area contributed by atoms with E-state index in [2.05, 4.69) is 22.3 Å². The highest BCUT2D eigenvalue weighted by atomic mass is 32.2. The van der Waals surface area contributed by atoms with Crippen molar-refractivity contribution < 1.29 is 13.2 Å². The van der Waals surface area contributed by atoms with E-state index in [1.165, 1.54) is 11.4 Å². The van der Waals surface area contributed by atoms with Crippen LogP contribution >= 0.6 is 0 Å². The minimum atomic E-state index is -3.66. The van der Waals surface area contributed by atoms with Gasteiger partial charge in [0.25, 0.3) is 15.9 Å². The average Bonchev–Trinajstić information content (AvgIpc) is 2.82. The van der Waals surface area contributed by atoms with Crippen LogP contribution in [0.1, 0.15) is 22.3 Å². The first-order valence-electron chi connectivity index (χ1n) is 10.5. The van der Waals surface area contributed by atoms with Gasteiger partial charge in [0.2, 0.25) is 0 Å². The van der Waals surface area contributed by atoms with Crippen molar-refractivity contribution >= 4 is 27.3 Å². The molecule has 3 aromatic rings. The zero-order valence-electron chi connectivity index (χ0n) is 18.7. The highest BCUT2D eigenvalue weighted by Crippen LogP contribution is 2.22. The minimum Gasteiger partial charge on any atom is -0.375 e. The third kappa shape index (κ3) is 5.68. The van der Waals surface area contributed by atoms with Crippen LogP contribution in [0.4, 0.5) is 11.4 Å². The van der Waals surface area contributed by atoms with Gasteiger partial charge in [-0.15, -0.1) is 0 Å². The smallest absolute Gasteiger partial charge is 0.264 e. The number of amides is 1. The summed E-state index contributed by atoms with van der Waals surface area (Å²) in [5, 5.41) is 2.92. The number of aryl methyl sites for hydroxylation is 1. The number of carbonyl (C=O) groups is 1. The molecule has 0 aliphatic rings. The van der Waals surface area contributed by atoms with Crippen molar-refractivity contribution in [1.29, 1.82) is 0 Å². The second kappa shape index (κ2) is 10.3. The maximum absolute atomic E-state index is 12.8. The van der Waals surface area contributed by atoms with Crippen LogP contribution in [-0.2, 0) is 10.0 Å². The van der Waals surface area contributed by atoms with E-state index in [-0.39, 0.29) is 10.8 Å². The standard InChI is InChI=1S/C25H29N3O3S/c1-20-10-16-24(17-11-20)32(30,31)28(3)23-14-12-21(13-15-23)25(29)26-18-7-19-27(2)22-8-5-4-6-9-22/h4-6,8-17H,7,18-19H2,1-3H3,(H,26,29). The Balaban J connectivity index is 1.54. The van der Waals surface area contributed by atoms with Gasteiger partial charge in [-0.1, -0.05) is 35.9 Å². The number of para-hydroxylation sites is 1. The fraction of sp³-hybridized carbons (Fsp3) is 0.240. The molecule has 168 valence electrons. The van der Waals surface area contributed by atoms with Crippen molar-refractivity contribution in [2.75, 3.05) is 36.4 Å². The normalized spacial score (nSPS) is 11.1. The number of hydrogen-bond donors (Lipinski definition) is 1. The van der Waals surface area contributed by atoms with Crippen LogP contribution in [0, 0.1) is 6.92 Å². The molecular weight excluding hydrogens is 422 g/mol. The summed E-state index contributed by atoms with van der Waals surface area (Å²) in [6, 6.07) is 23.4. The Labute approximate surface area is 190 Å². The summed E-state index contributed by atoms with van der Waals surface area (Å²) >= 11 is 0. The van der Waals surface area contributed by atoms with Crippen molar-refractivity contribution in [2.24, 2.45) is 0 Å². The number of rotatable bonds is 9. The molecule has 0 spiro atoms. The van der Waals surface area contributed by atoms with Gasteiger partial charge in [0.1, 0.15) is 0 Å². The lowest BCUT2D eigenvalue weighted by molar-refractivity contribution is 0.0953. The Kier molecular flexibility index (Phi) is 7.53. The predicted molar refractivity (Wildman–Crippen MR) is 130 cm³/mol. The quantitative estimate of drug-likeness (QED) is 0.498. The molecule has 0 atom stereocenters. The average molecular weight is 452 g/mol. The monoisotopic (exact) mass is 451 g/mol. The largest absolute Gasteiger partial charge is 0.375 e. The maximum atomic E-state index is 12.8. The maximum Gasteiger partial charge on any atom is 0.264 e. The lowest BCUT2D eigenvalue weighted by atomic mass is 10.2. The molecule has 32 heavy (non-hydrogen) atoms. The van der Waals surface area contributed by atoms with E-state index < -0.39 is 10.0 Å². The molecule has 6 nitrogen and oxygen atoms in total. The molecule has 0 aliphatic heterocycles. The fourth-order valence-electron chi connectivity index (χ4n) is 3.26. The Morgan fingerprint density at radius 2 is 1.47 bits per heavy atom. The van der Waals surface area contributed by atoms with E-state index in [1.807, 2.05) is 32.2 Å². The van der Waals surface area contributed by atoms with Crippen LogP contribution in [0.25, 0.3) is 0 Å². The SMILES string of the molecule is Cc1ccc(S(=O)(=O)N(C)c2ccc(C(=O)NCCCN(C)c3ccccc3)cc2)cc1. The fourth-order valence-corrected chi connectivity index (χ4v) is 4.46. The predicted octanol–water partition coefficient (Wildman–Crippen LogP) is 4.08. The molecule has 0 saturated heterocycles. The van der Waals surface area contributed by atoms with Crippen molar-refractivity contribution in [3.63, 3.8) is 0 Å². The molecule has 0 saturated carbocycles. The molecule has 0 fully saturated rings. The molecule has 3 aromatic carbocycles. The van der Waals surface area contributed by atoms with Crippen LogP contribution < -0.4 is 14.5 Å². The molecule has 1 N–H and O–H groups in total. The van der Waals surface area contributed by atoms with Gasteiger partial charge < -0.3 is 10.2 Å². The number of nitrogens with zero attached hydrogens (tertiary/aromatic N) is 2. The third-order valence-corrected chi connectivity index (χ3v) is 7.13. The molecule has 0 radical (unpaired) electrons. The number of benzene rings is 3. The molecule has 3 rings (SSSR count). The van der Waals surface area contributed by atoms with Gasteiger partial charge in [0.15, 0.2) is 0 Å². The van der Waals surface area contributed by atoms with Crippen LogP contribution in [0.15, 0.2) is 83.8 Å². The van der Waals surface area contributed by atoms with Crippen molar-refractivity contribution in [1.82, 2.24) is 5.32 Å². The van der Waals surface area contributed by atoms with Gasteiger partial charge in [-0.2, -0.15) is 0 Å². The lowest BCUT2D eigenvalue weighted by Gasteiger charge is -2.20. The molecule has 0 aliphatic carbocycles. The van der Waals surface area contributed by atoms with Crippen LogP contribution in [0.3, 0.4) is 0 Å². The first-order valence-corrected chi connectivity index (χ1v) is 11.9. The van der Waals surface area contributed by atoms with E-state index in [4.69, 9.17) is 0 Å². The van der Waals surface area contributed by atoms with E-state index >= 15 is 0 Å². The number of sulfonamides is 1. The highest BCUT2D eigenvalue weighted by molar-refractivity contribution is 7.92. The minimum absolute atomic E-state index is 0.178. The van der Waals surface area contributed by atoms with Crippen molar-refractivity contribution in [2.45, 2.75) is 18.2 Å². The summed E-state index contributed by atoms with van der Waals surface area (Å²) < 4.78 is 26.9. The van der Waals surface area contributed by atoms with E-state index in [1.54, 1.807) is 48.5 Å². The van der Waals surface area contributed by atoms with Crippen LogP contribution in [0.2, 0.25) is 0 Å². The Morgan fingerprint density at radius 1 is 0.844 bits per heavy atom. The van der Waals surface area contributed by atoms with Gasteiger partial charge in [0.05, 0.1) is 10.6 Å². The summed E-state index contributed by atoms with van der Waals surface area (Å²) in [5.41, 5.74) is 3.12. The Morgan fingerprint density at radius 3 is 2.09 bits per heavy atom. The third-order valence-electron chi connectivity index (χ3n) is 5.33. The van der Waals surface area contributed by atoms with Crippen molar-refractivity contribution in [3.8, 4) is 0 Å². The molecule has 7 heteroatoms. The first-order chi connectivity index (χ1) is 15.3. The summed E-state index contributed by atoms with van der Waals surface area (Å²) in [6.07, 6.45) is 0.812. The number of anilines is 2. The number of carbonyl (C=O) groups excluding carboxylic acids is 1. The van der Waals surface area contributed by atoms with Gasteiger partial charge in [-0.25, -0.2) is 8.42 Å². The van der Waals surface area contributed by atoms with Crippen LogP contribution in [-0.4, -0.2) is 41.5 Å². The summed E-state index contributed by atoms with van der Waals surface area (Å²) in [4.78, 5) is 14.8.